The maximum Gasteiger partial charge on any atom is 0.306 e. The Morgan fingerprint density at radius 1 is 0.406 bits per heavy atom. The molecule has 1 N–H and O–H groups in total. The van der Waals surface area contributed by atoms with Gasteiger partial charge in [-0.15, -0.1) is 0 Å². The van der Waals surface area contributed by atoms with Crippen LogP contribution in [0.1, 0.15) is 220 Å². The molecule has 0 aliphatic carbocycles. The van der Waals surface area contributed by atoms with E-state index in [-0.39, 0.29) is 90.1 Å². The Morgan fingerprint density at radius 3 is 1.11 bits per heavy atom. The van der Waals surface area contributed by atoms with E-state index in [1.165, 1.54) is 0 Å². The fourth-order valence-electron chi connectivity index (χ4n) is 6.77. The summed E-state index contributed by atoms with van der Waals surface area (Å²) in [4.78, 5) is 75.6. The fourth-order valence-corrected chi connectivity index (χ4v) is 7.46. The van der Waals surface area contributed by atoms with Gasteiger partial charge in [-0.25, -0.2) is 0 Å². The Kier molecular flexibility index (Phi) is 39.1. The van der Waals surface area contributed by atoms with Gasteiger partial charge in [0, 0.05) is 38.5 Å². The van der Waals surface area contributed by atoms with Crippen LogP contribution >= 0.6 is 0 Å². The molecule has 15 nitrogen and oxygen atoms in total. The highest BCUT2D eigenvalue weighted by atomic mass is 32.2. The Bertz CT molecular complexity index is 1210. The van der Waals surface area contributed by atoms with Crippen LogP contribution in [-0.2, 0) is 66.8 Å². The van der Waals surface area contributed by atoms with Crippen LogP contribution in [-0.4, -0.2) is 95.1 Å². The van der Waals surface area contributed by atoms with Crippen LogP contribution in [0, 0.1) is 0 Å². The van der Waals surface area contributed by atoms with Gasteiger partial charge < -0.3 is 29.0 Å². The first-order chi connectivity index (χ1) is 30.7. The lowest BCUT2D eigenvalue weighted by Crippen LogP contribution is -2.38. The number of nitrogens with one attached hydrogen (secondary N) is 1. The van der Waals surface area contributed by atoms with Gasteiger partial charge in [-0.1, -0.05) is 130 Å². The molecular formula is C48H87NO14S. The lowest BCUT2D eigenvalue weighted by molar-refractivity contribution is -0.167. The summed E-state index contributed by atoms with van der Waals surface area (Å²) in [6.07, 6.45) is 19.0. The van der Waals surface area contributed by atoms with Crippen molar-refractivity contribution in [1.82, 2.24) is 5.32 Å². The molecule has 374 valence electrons. The summed E-state index contributed by atoms with van der Waals surface area (Å²) in [5.41, 5.74) is 0. The summed E-state index contributed by atoms with van der Waals surface area (Å²) in [5.74, 6) is -2.71. The van der Waals surface area contributed by atoms with Crippen LogP contribution in [0.2, 0.25) is 0 Å². The van der Waals surface area contributed by atoms with Crippen molar-refractivity contribution in [2.75, 3.05) is 32.6 Å². The largest absolute Gasteiger partial charge is 0.462 e. The average molecular weight is 934 g/mol. The molecule has 1 amide bonds. The van der Waals surface area contributed by atoms with Gasteiger partial charge in [-0.2, -0.15) is 8.42 Å². The number of hydrogen-bond acceptors (Lipinski definition) is 14. The van der Waals surface area contributed by atoms with E-state index in [4.69, 9.17) is 27.9 Å². The van der Waals surface area contributed by atoms with E-state index in [0.717, 1.165) is 115 Å². The molecule has 0 saturated carbocycles. The third-order valence-corrected chi connectivity index (χ3v) is 11.1. The smallest absolute Gasteiger partial charge is 0.306 e. The first-order valence-corrected chi connectivity index (χ1v) is 26.5. The number of rotatable bonds is 44. The lowest BCUT2D eigenvalue weighted by Gasteiger charge is -2.20. The summed E-state index contributed by atoms with van der Waals surface area (Å²) >= 11 is 0. The maximum atomic E-state index is 13.0. The van der Waals surface area contributed by atoms with E-state index in [1.54, 1.807) is 0 Å². The molecule has 0 saturated heterocycles. The third-order valence-electron chi connectivity index (χ3n) is 10.5. The number of amides is 1. The number of esters is 5. The van der Waals surface area contributed by atoms with E-state index in [0.29, 0.717) is 25.7 Å². The van der Waals surface area contributed by atoms with Gasteiger partial charge in [0.05, 0.1) is 18.9 Å². The Hall–Kier alpha value is -3.27. The average Bonchev–Trinajstić information content (AvgIpc) is 3.24. The van der Waals surface area contributed by atoms with Crippen LogP contribution < -0.4 is 5.32 Å². The van der Waals surface area contributed by atoms with E-state index in [9.17, 15) is 37.2 Å². The highest BCUT2D eigenvalue weighted by Crippen LogP contribution is 2.17. The number of carbonyl (C=O) groups is 6. The minimum atomic E-state index is -3.89. The highest BCUT2D eigenvalue weighted by Gasteiger charge is 2.23. The maximum absolute atomic E-state index is 13.0. The Morgan fingerprint density at radius 2 is 0.734 bits per heavy atom. The summed E-state index contributed by atoms with van der Waals surface area (Å²) in [6.45, 7) is 7.68. The van der Waals surface area contributed by atoms with Crippen molar-refractivity contribution >= 4 is 45.9 Å². The minimum Gasteiger partial charge on any atom is -0.462 e. The molecule has 64 heavy (non-hydrogen) atoms. The molecule has 2 unspecified atom stereocenters. The van der Waals surface area contributed by atoms with E-state index in [1.807, 2.05) is 0 Å². The predicted octanol–water partition coefficient (Wildman–Crippen LogP) is 9.68. The van der Waals surface area contributed by atoms with Gasteiger partial charge in [0.2, 0.25) is 5.91 Å². The second-order valence-corrected chi connectivity index (χ2v) is 18.5. The molecule has 16 heteroatoms. The van der Waals surface area contributed by atoms with Crippen LogP contribution in [0.4, 0.5) is 0 Å². The van der Waals surface area contributed by atoms with Gasteiger partial charge in [0.25, 0.3) is 10.1 Å². The molecular weight excluding hydrogens is 847 g/mol. The standard InChI is InChI=1S/C48H87NO14S/c1-6-10-14-18-22-30-43(50)49-36-41(37-58-44(51)31-23-19-15-11-7-2)61-47(54)34-26-28-40(63-64(5,56)57)29-27-35-48(55)62-42(38-59-45(52)32-24-20-16-12-8-3)39-60-46(53)33-25-21-17-13-9-4/h40-42H,6-39H2,1-5H3,(H,49,50). The summed E-state index contributed by atoms with van der Waals surface area (Å²) in [7, 11) is -3.89. The van der Waals surface area contributed by atoms with Crippen molar-refractivity contribution in [3.8, 4) is 0 Å². The zero-order valence-corrected chi connectivity index (χ0v) is 41.2. The highest BCUT2D eigenvalue weighted by molar-refractivity contribution is 7.86. The van der Waals surface area contributed by atoms with Crippen molar-refractivity contribution in [3.05, 3.63) is 0 Å². The van der Waals surface area contributed by atoms with Crippen LogP contribution in [0.3, 0.4) is 0 Å². The molecule has 0 aromatic carbocycles. The van der Waals surface area contributed by atoms with Gasteiger partial charge in [0.15, 0.2) is 12.2 Å². The third kappa shape index (κ3) is 40.3. The number of carbonyl (C=O) groups excluding carboxylic acids is 6. The second-order valence-electron chi connectivity index (χ2n) is 16.9. The van der Waals surface area contributed by atoms with E-state index >= 15 is 0 Å². The molecule has 0 aliphatic rings. The first-order valence-electron chi connectivity index (χ1n) is 24.7. The second kappa shape index (κ2) is 41.2. The predicted molar refractivity (Wildman–Crippen MR) is 247 cm³/mol. The molecule has 0 heterocycles. The molecule has 2 atom stereocenters. The molecule has 0 aromatic rings. The normalized spacial score (nSPS) is 12.3. The number of unbranched alkanes of at least 4 members (excludes halogenated alkanes) is 16. The van der Waals surface area contributed by atoms with Gasteiger partial charge in [-0.05, 0) is 51.4 Å². The Balaban J connectivity index is 5.27. The topological polar surface area (TPSA) is 204 Å². The summed E-state index contributed by atoms with van der Waals surface area (Å²) in [5, 5.41) is 2.79. The molecule has 0 aliphatic heterocycles. The number of hydrogen-bond donors (Lipinski definition) is 1. The molecule has 0 spiro atoms. The van der Waals surface area contributed by atoms with Gasteiger partial charge in [0.1, 0.15) is 19.8 Å². The molecule has 0 bridgehead atoms. The number of ether oxygens (including phenoxy) is 5. The van der Waals surface area contributed by atoms with Crippen molar-refractivity contribution < 1.29 is 65.1 Å². The van der Waals surface area contributed by atoms with Crippen LogP contribution in [0.25, 0.3) is 0 Å². The Labute approximate surface area is 386 Å². The van der Waals surface area contributed by atoms with Crippen molar-refractivity contribution in [2.24, 2.45) is 0 Å². The molecule has 0 radical (unpaired) electrons. The molecule has 0 fully saturated rings. The zero-order valence-electron chi connectivity index (χ0n) is 40.4. The van der Waals surface area contributed by atoms with Crippen LogP contribution in [0.5, 0.6) is 0 Å². The fraction of sp³-hybridized carbons (Fsp3) is 0.875. The molecule has 0 rings (SSSR count). The minimum absolute atomic E-state index is 0.0246. The van der Waals surface area contributed by atoms with Gasteiger partial charge >= 0.3 is 29.8 Å². The zero-order chi connectivity index (χ0) is 47.7. The summed E-state index contributed by atoms with van der Waals surface area (Å²) < 4.78 is 56.9. The SMILES string of the molecule is CCCCCCCC(=O)NCC(COC(=O)CCCCCCC)OC(=O)CCCC(CCCC(=O)OC(COC(=O)CCCCCCC)COC(=O)CCCCCCC)OS(C)(=O)=O. The van der Waals surface area contributed by atoms with E-state index < -0.39 is 58.3 Å². The van der Waals surface area contributed by atoms with Crippen molar-refractivity contribution in [2.45, 2.75) is 239 Å². The van der Waals surface area contributed by atoms with E-state index in [2.05, 4.69) is 33.0 Å². The first kappa shape index (κ1) is 60.7. The lowest BCUT2D eigenvalue weighted by atomic mass is 10.1. The van der Waals surface area contributed by atoms with Gasteiger partial charge in [-0.3, -0.25) is 33.0 Å². The van der Waals surface area contributed by atoms with Crippen molar-refractivity contribution in [3.63, 3.8) is 0 Å². The molecule has 0 aromatic heterocycles. The van der Waals surface area contributed by atoms with Crippen LogP contribution in [0.15, 0.2) is 0 Å². The summed E-state index contributed by atoms with van der Waals surface area (Å²) in [6, 6.07) is 0. The quantitative estimate of drug-likeness (QED) is 0.0262. The van der Waals surface area contributed by atoms with Crippen molar-refractivity contribution in [1.29, 1.82) is 0 Å². The monoisotopic (exact) mass is 934 g/mol.